The van der Waals surface area contributed by atoms with E-state index in [0.29, 0.717) is 0 Å². The summed E-state index contributed by atoms with van der Waals surface area (Å²) < 4.78 is 5.09. The van der Waals surface area contributed by atoms with Gasteiger partial charge in [-0.05, 0) is 31.2 Å². The summed E-state index contributed by atoms with van der Waals surface area (Å²) in [6.07, 6.45) is 0. The molecule has 1 aromatic carbocycles. The van der Waals surface area contributed by atoms with Crippen molar-refractivity contribution >= 4 is 28.3 Å². The van der Waals surface area contributed by atoms with Gasteiger partial charge in [0.05, 0.1) is 7.11 Å². The molecule has 0 aliphatic rings. The summed E-state index contributed by atoms with van der Waals surface area (Å²) in [6.45, 7) is 2.00. The molecule has 0 aliphatic heterocycles. The van der Waals surface area contributed by atoms with Crippen LogP contribution in [0.15, 0.2) is 29.6 Å². The molecule has 0 unspecified atom stereocenters. The van der Waals surface area contributed by atoms with Crippen molar-refractivity contribution in [1.29, 1.82) is 0 Å². The molecule has 0 bridgehead atoms. The molecule has 80 valence electrons. The predicted molar refractivity (Wildman–Crippen MR) is 69.2 cm³/mol. The normalized spacial score (nSPS) is 9.47. The summed E-state index contributed by atoms with van der Waals surface area (Å²) >= 11 is 1.66. The first-order chi connectivity index (χ1) is 6.79. The van der Waals surface area contributed by atoms with Crippen LogP contribution in [-0.4, -0.2) is 12.1 Å². The van der Waals surface area contributed by atoms with Crippen LogP contribution in [0.5, 0.6) is 5.75 Å². The van der Waals surface area contributed by atoms with Gasteiger partial charge in [-0.15, -0.1) is 28.3 Å². The Labute approximate surface area is 104 Å². The number of aromatic nitrogens is 1. The van der Waals surface area contributed by atoms with Gasteiger partial charge in [0.2, 0.25) is 0 Å². The van der Waals surface area contributed by atoms with Gasteiger partial charge in [0.25, 0.3) is 0 Å². The Morgan fingerprint density at radius 2 is 1.87 bits per heavy atom. The molecular weight excluding hydrogens is 274 g/mol. The summed E-state index contributed by atoms with van der Waals surface area (Å²) in [4.78, 5) is 4.41. The van der Waals surface area contributed by atoms with Crippen molar-refractivity contribution in [2.24, 2.45) is 0 Å². The Morgan fingerprint density at radius 3 is 2.33 bits per heavy atom. The average Bonchev–Trinajstić information content (AvgIpc) is 2.65. The zero-order valence-electron chi connectivity index (χ0n) is 8.56. The Morgan fingerprint density at radius 1 is 1.20 bits per heavy atom. The van der Waals surface area contributed by atoms with Gasteiger partial charge >= 0.3 is 0 Å². The molecule has 0 atom stereocenters. The predicted octanol–water partition coefficient (Wildman–Crippen LogP) is 3.71. The lowest BCUT2D eigenvalue weighted by Gasteiger charge is -1.99. The topological polar surface area (TPSA) is 22.1 Å². The fraction of sp³-hybridized carbons (Fsp3) is 0.182. The second-order valence-corrected chi connectivity index (χ2v) is 3.88. The number of nitrogens with zero attached hydrogens (tertiary/aromatic N) is 1. The third-order valence-electron chi connectivity index (χ3n) is 1.96. The van der Waals surface area contributed by atoms with Crippen molar-refractivity contribution in [2.45, 2.75) is 6.92 Å². The highest BCUT2D eigenvalue weighted by molar-refractivity contribution is 8.93. The Balaban J connectivity index is 0.00000112. The zero-order chi connectivity index (χ0) is 9.97. The highest BCUT2D eigenvalue weighted by Gasteiger charge is 2.01. The number of aryl methyl sites for hydroxylation is 1. The number of benzene rings is 1. The molecule has 0 saturated carbocycles. The first-order valence-corrected chi connectivity index (χ1v) is 5.24. The largest absolute Gasteiger partial charge is 0.497 e. The Hall–Kier alpha value is -0.870. The van der Waals surface area contributed by atoms with Crippen LogP contribution in [0.25, 0.3) is 10.6 Å². The lowest BCUT2D eigenvalue weighted by Crippen LogP contribution is -1.82. The second-order valence-electron chi connectivity index (χ2n) is 3.02. The number of hydrogen-bond donors (Lipinski definition) is 0. The molecule has 1 aromatic heterocycles. The van der Waals surface area contributed by atoms with Gasteiger partial charge in [0, 0.05) is 16.6 Å². The third-order valence-corrected chi connectivity index (χ3v) is 2.97. The molecule has 0 amide bonds. The van der Waals surface area contributed by atoms with E-state index >= 15 is 0 Å². The lowest BCUT2D eigenvalue weighted by atomic mass is 10.2. The smallest absolute Gasteiger partial charge is 0.123 e. The van der Waals surface area contributed by atoms with Crippen molar-refractivity contribution < 1.29 is 4.74 Å². The van der Waals surface area contributed by atoms with E-state index in [4.69, 9.17) is 4.74 Å². The molecule has 2 nitrogen and oxygen atoms in total. The standard InChI is InChI=1S/C11H11NOS.BrH/c1-8-7-14-11(12-8)9-3-5-10(13-2)6-4-9;/h3-7H,1-2H3;1H. The molecule has 4 heteroatoms. The summed E-state index contributed by atoms with van der Waals surface area (Å²) in [5.74, 6) is 0.877. The molecule has 0 spiro atoms. The van der Waals surface area contributed by atoms with E-state index in [2.05, 4.69) is 10.4 Å². The van der Waals surface area contributed by atoms with E-state index in [0.717, 1.165) is 22.0 Å². The maximum absolute atomic E-state index is 5.09. The third kappa shape index (κ3) is 2.79. The summed E-state index contributed by atoms with van der Waals surface area (Å²) in [5, 5.41) is 3.12. The van der Waals surface area contributed by atoms with Gasteiger partial charge in [-0.3, -0.25) is 0 Å². The first-order valence-electron chi connectivity index (χ1n) is 4.36. The van der Waals surface area contributed by atoms with Crippen LogP contribution in [-0.2, 0) is 0 Å². The van der Waals surface area contributed by atoms with Crippen LogP contribution in [0.3, 0.4) is 0 Å². The fourth-order valence-electron chi connectivity index (χ4n) is 1.22. The van der Waals surface area contributed by atoms with Crippen molar-refractivity contribution in [3.63, 3.8) is 0 Å². The zero-order valence-corrected chi connectivity index (χ0v) is 11.1. The molecule has 0 saturated heterocycles. The maximum Gasteiger partial charge on any atom is 0.123 e. The van der Waals surface area contributed by atoms with E-state index in [1.165, 1.54) is 0 Å². The minimum absolute atomic E-state index is 0. The Bertz CT molecular complexity index is 424. The van der Waals surface area contributed by atoms with E-state index in [9.17, 15) is 0 Å². The minimum atomic E-state index is 0. The number of ether oxygens (including phenoxy) is 1. The first kappa shape index (κ1) is 12.2. The van der Waals surface area contributed by atoms with Crippen LogP contribution in [0.4, 0.5) is 0 Å². The molecule has 2 aromatic rings. The molecule has 2 rings (SSSR count). The van der Waals surface area contributed by atoms with E-state index in [1.807, 2.05) is 31.2 Å². The number of halogens is 1. The van der Waals surface area contributed by atoms with Gasteiger partial charge in [-0.2, -0.15) is 0 Å². The summed E-state index contributed by atoms with van der Waals surface area (Å²) in [7, 11) is 1.67. The van der Waals surface area contributed by atoms with Crippen molar-refractivity contribution in [3.8, 4) is 16.3 Å². The van der Waals surface area contributed by atoms with Crippen molar-refractivity contribution in [1.82, 2.24) is 4.98 Å². The SMILES string of the molecule is Br.COc1ccc(-c2nc(C)cs2)cc1. The van der Waals surface area contributed by atoms with Gasteiger partial charge in [0.15, 0.2) is 0 Å². The molecule has 1 heterocycles. The van der Waals surface area contributed by atoms with Crippen LogP contribution in [0, 0.1) is 6.92 Å². The van der Waals surface area contributed by atoms with Gasteiger partial charge in [0.1, 0.15) is 10.8 Å². The minimum Gasteiger partial charge on any atom is -0.497 e. The quantitative estimate of drug-likeness (QED) is 0.839. The number of methoxy groups -OCH3 is 1. The molecular formula is C11H12BrNOS. The lowest BCUT2D eigenvalue weighted by molar-refractivity contribution is 0.415. The second kappa shape index (κ2) is 5.28. The maximum atomic E-state index is 5.09. The number of hydrogen-bond acceptors (Lipinski definition) is 3. The van der Waals surface area contributed by atoms with Crippen LogP contribution in [0.1, 0.15) is 5.69 Å². The van der Waals surface area contributed by atoms with Gasteiger partial charge in [-0.25, -0.2) is 4.98 Å². The molecule has 0 radical (unpaired) electrons. The molecule has 0 N–H and O–H groups in total. The molecule has 0 fully saturated rings. The van der Waals surface area contributed by atoms with E-state index < -0.39 is 0 Å². The molecule has 0 aliphatic carbocycles. The average molecular weight is 286 g/mol. The van der Waals surface area contributed by atoms with Crippen molar-refractivity contribution in [3.05, 3.63) is 35.3 Å². The number of thiazole rings is 1. The van der Waals surface area contributed by atoms with Crippen LogP contribution < -0.4 is 4.74 Å². The van der Waals surface area contributed by atoms with E-state index in [-0.39, 0.29) is 17.0 Å². The number of rotatable bonds is 2. The Kier molecular flexibility index (Phi) is 4.29. The van der Waals surface area contributed by atoms with Crippen molar-refractivity contribution in [2.75, 3.05) is 7.11 Å². The highest BCUT2D eigenvalue weighted by atomic mass is 79.9. The fourth-order valence-corrected chi connectivity index (χ4v) is 2.02. The summed E-state index contributed by atoms with van der Waals surface area (Å²) in [6, 6.07) is 7.95. The van der Waals surface area contributed by atoms with E-state index in [1.54, 1.807) is 18.4 Å². The molecule has 15 heavy (non-hydrogen) atoms. The van der Waals surface area contributed by atoms with Crippen LogP contribution >= 0.6 is 28.3 Å². The monoisotopic (exact) mass is 285 g/mol. The van der Waals surface area contributed by atoms with Gasteiger partial charge in [-0.1, -0.05) is 0 Å². The summed E-state index contributed by atoms with van der Waals surface area (Å²) in [5.41, 5.74) is 2.21. The highest BCUT2D eigenvalue weighted by Crippen LogP contribution is 2.25. The van der Waals surface area contributed by atoms with Crippen LogP contribution in [0.2, 0.25) is 0 Å². The van der Waals surface area contributed by atoms with Gasteiger partial charge < -0.3 is 4.74 Å².